The number of hydrogen-bond acceptors (Lipinski definition) is 3. The van der Waals surface area contributed by atoms with E-state index in [1.807, 2.05) is 18.5 Å². The number of nitrogens with zero attached hydrogens (tertiary/aromatic N) is 3. The van der Waals surface area contributed by atoms with E-state index in [1.54, 1.807) is 0 Å². The molecule has 2 heterocycles. The molecule has 0 atom stereocenters. The first kappa shape index (κ1) is 18.1. The standard InChI is InChI=1S/C22H31N3/c1-22(2,3)21-8-6-20(7-9-21)18-25-15-13-24(14-16-25)12-10-19-5-4-11-23-17-19/h4-9,11,17H,10,12-16,18H2,1-3H3. The Morgan fingerprint density at radius 2 is 1.56 bits per heavy atom. The van der Waals surface area contributed by atoms with Gasteiger partial charge in [0, 0.05) is 51.7 Å². The van der Waals surface area contributed by atoms with Crippen LogP contribution in [0.15, 0.2) is 48.8 Å². The van der Waals surface area contributed by atoms with Crippen molar-refractivity contribution in [3.63, 3.8) is 0 Å². The van der Waals surface area contributed by atoms with E-state index in [4.69, 9.17) is 0 Å². The van der Waals surface area contributed by atoms with Crippen LogP contribution in [-0.4, -0.2) is 47.5 Å². The van der Waals surface area contributed by atoms with E-state index in [2.05, 4.69) is 65.9 Å². The fraction of sp³-hybridized carbons (Fsp3) is 0.500. The quantitative estimate of drug-likeness (QED) is 0.828. The Labute approximate surface area is 152 Å². The van der Waals surface area contributed by atoms with Gasteiger partial charge in [-0.05, 0) is 34.6 Å². The van der Waals surface area contributed by atoms with E-state index in [-0.39, 0.29) is 5.41 Å². The molecule has 1 aromatic heterocycles. The summed E-state index contributed by atoms with van der Waals surface area (Å²) in [5.74, 6) is 0. The van der Waals surface area contributed by atoms with Gasteiger partial charge in [-0.3, -0.25) is 9.88 Å². The van der Waals surface area contributed by atoms with E-state index >= 15 is 0 Å². The molecule has 2 aromatic rings. The van der Waals surface area contributed by atoms with E-state index in [9.17, 15) is 0 Å². The molecule has 3 heteroatoms. The maximum absolute atomic E-state index is 4.20. The van der Waals surface area contributed by atoms with Crippen LogP contribution in [-0.2, 0) is 18.4 Å². The summed E-state index contributed by atoms with van der Waals surface area (Å²) in [7, 11) is 0. The van der Waals surface area contributed by atoms with E-state index in [0.29, 0.717) is 0 Å². The van der Waals surface area contributed by atoms with Gasteiger partial charge in [0.15, 0.2) is 0 Å². The molecule has 0 amide bonds. The van der Waals surface area contributed by atoms with Crippen molar-refractivity contribution >= 4 is 0 Å². The van der Waals surface area contributed by atoms with Crippen molar-refractivity contribution in [3.8, 4) is 0 Å². The first-order valence-electron chi connectivity index (χ1n) is 9.44. The van der Waals surface area contributed by atoms with Crippen LogP contribution in [0.3, 0.4) is 0 Å². The third-order valence-corrected chi connectivity index (χ3v) is 5.13. The molecule has 25 heavy (non-hydrogen) atoms. The van der Waals surface area contributed by atoms with Crippen molar-refractivity contribution in [1.82, 2.24) is 14.8 Å². The molecule has 0 radical (unpaired) electrons. The maximum Gasteiger partial charge on any atom is 0.0300 e. The normalized spacial score (nSPS) is 16.9. The smallest absolute Gasteiger partial charge is 0.0300 e. The zero-order chi connectivity index (χ0) is 17.7. The molecular weight excluding hydrogens is 306 g/mol. The van der Waals surface area contributed by atoms with Crippen molar-refractivity contribution in [2.45, 2.75) is 39.2 Å². The summed E-state index contributed by atoms with van der Waals surface area (Å²) >= 11 is 0. The van der Waals surface area contributed by atoms with Gasteiger partial charge in [-0.1, -0.05) is 51.1 Å². The zero-order valence-electron chi connectivity index (χ0n) is 15.9. The lowest BCUT2D eigenvalue weighted by molar-refractivity contribution is 0.128. The van der Waals surface area contributed by atoms with Crippen LogP contribution in [0.5, 0.6) is 0 Å². The summed E-state index contributed by atoms with van der Waals surface area (Å²) in [6, 6.07) is 13.4. The lowest BCUT2D eigenvalue weighted by atomic mass is 9.87. The Bertz CT molecular complexity index is 635. The lowest BCUT2D eigenvalue weighted by Gasteiger charge is -2.34. The molecule has 3 nitrogen and oxygen atoms in total. The minimum atomic E-state index is 0.235. The molecule has 0 bridgehead atoms. The van der Waals surface area contributed by atoms with Crippen molar-refractivity contribution in [2.75, 3.05) is 32.7 Å². The average molecular weight is 338 g/mol. The fourth-order valence-corrected chi connectivity index (χ4v) is 3.37. The molecule has 1 aromatic carbocycles. The maximum atomic E-state index is 4.20. The molecule has 1 saturated heterocycles. The first-order chi connectivity index (χ1) is 12.0. The van der Waals surface area contributed by atoms with Crippen LogP contribution in [0.1, 0.15) is 37.5 Å². The van der Waals surface area contributed by atoms with Gasteiger partial charge in [0.2, 0.25) is 0 Å². The Kier molecular flexibility index (Phi) is 5.87. The van der Waals surface area contributed by atoms with Crippen LogP contribution in [0.2, 0.25) is 0 Å². The summed E-state index contributed by atoms with van der Waals surface area (Å²) in [6.07, 6.45) is 4.93. The zero-order valence-corrected chi connectivity index (χ0v) is 15.9. The lowest BCUT2D eigenvalue weighted by Crippen LogP contribution is -2.46. The van der Waals surface area contributed by atoms with Crippen molar-refractivity contribution < 1.29 is 0 Å². The SMILES string of the molecule is CC(C)(C)c1ccc(CN2CCN(CCc3cccnc3)CC2)cc1. The number of aromatic nitrogens is 1. The van der Waals surface area contributed by atoms with Crippen molar-refractivity contribution in [1.29, 1.82) is 0 Å². The molecule has 3 rings (SSSR count). The first-order valence-corrected chi connectivity index (χ1v) is 9.44. The molecular formula is C22H31N3. The van der Waals surface area contributed by atoms with Gasteiger partial charge in [0.1, 0.15) is 0 Å². The van der Waals surface area contributed by atoms with Gasteiger partial charge in [0.25, 0.3) is 0 Å². The second-order valence-corrected chi connectivity index (χ2v) is 8.18. The van der Waals surface area contributed by atoms with Gasteiger partial charge in [-0.2, -0.15) is 0 Å². The summed E-state index contributed by atoms with van der Waals surface area (Å²) in [4.78, 5) is 9.35. The molecule has 0 N–H and O–H groups in total. The van der Waals surface area contributed by atoms with Gasteiger partial charge in [-0.25, -0.2) is 0 Å². The van der Waals surface area contributed by atoms with Gasteiger partial charge in [0.05, 0.1) is 0 Å². The molecule has 0 aliphatic carbocycles. The highest BCUT2D eigenvalue weighted by Crippen LogP contribution is 2.22. The van der Waals surface area contributed by atoms with Crippen molar-refractivity contribution in [3.05, 3.63) is 65.5 Å². The topological polar surface area (TPSA) is 19.4 Å². The number of hydrogen-bond donors (Lipinski definition) is 0. The Morgan fingerprint density at radius 3 is 2.16 bits per heavy atom. The van der Waals surface area contributed by atoms with Crippen molar-refractivity contribution in [2.24, 2.45) is 0 Å². The van der Waals surface area contributed by atoms with Gasteiger partial charge in [-0.15, -0.1) is 0 Å². The molecule has 1 fully saturated rings. The molecule has 134 valence electrons. The summed E-state index contributed by atoms with van der Waals surface area (Å²) in [5, 5.41) is 0. The third kappa shape index (κ3) is 5.38. The van der Waals surface area contributed by atoms with E-state index < -0.39 is 0 Å². The highest BCUT2D eigenvalue weighted by Gasteiger charge is 2.17. The highest BCUT2D eigenvalue weighted by atomic mass is 15.3. The molecule has 0 saturated carbocycles. The van der Waals surface area contributed by atoms with Crippen LogP contribution >= 0.6 is 0 Å². The van der Waals surface area contributed by atoms with Crippen LogP contribution < -0.4 is 0 Å². The largest absolute Gasteiger partial charge is 0.300 e. The average Bonchev–Trinajstić information content (AvgIpc) is 2.62. The summed E-state index contributed by atoms with van der Waals surface area (Å²) in [5.41, 5.74) is 4.41. The Morgan fingerprint density at radius 1 is 0.880 bits per heavy atom. The predicted molar refractivity (Wildman–Crippen MR) is 105 cm³/mol. The monoisotopic (exact) mass is 337 g/mol. The van der Waals surface area contributed by atoms with Crippen LogP contribution in [0.4, 0.5) is 0 Å². The van der Waals surface area contributed by atoms with Crippen LogP contribution in [0.25, 0.3) is 0 Å². The van der Waals surface area contributed by atoms with Gasteiger partial charge >= 0.3 is 0 Å². The minimum Gasteiger partial charge on any atom is -0.300 e. The molecule has 1 aliphatic heterocycles. The second kappa shape index (κ2) is 8.11. The summed E-state index contributed by atoms with van der Waals surface area (Å²) in [6.45, 7) is 13.7. The summed E-state index contributed by atoms with van der Waals surface area (Å²) < 4.78 is 0. The Hall–Kier alpha value is -1.71. The molecule has 0 spiro atoms. The van der Waals surface area contributed by atoms with Crippen LogP contribution in [0, 0.1) is 0 Å². The number of piperazine rings is 1. The number of rotatable bonds is 5. The third-order valence-electron chi connectivity index (χ3n) is 5.13. The molecule has 0 unspecified atom stereocenters. The second-order valence-electron chi connectivity index (χ2n) is 8.18. The predicted octanol–water partition coefficient (Wildman–Crippen LogP) is 3.74. The minimum absolute atomic E-state index is 0.235. The molecule has 1 aliphatic rings. The highest BCUT2D eigenvalue weighted by molar-refractivity contribution is 5.27. The van der Waals surface area contributed by atoms with E-state index in [0.717, 1.165) is 32.6 Å². The Balaban J connectivity index is 1.43. The van der Waals surface area contributed by atoms with E-state index in [1.165, 1.54) is 29.8 Å². The van der Waals surface area contributed by atoms with Gasteiger partial charge < -0.3 is 4.90 Å². The number of pyridine rings is 1. The fourth-order valence-electron chi connectivity index (χ4n) is 3.37. The number of benzene rings is 1.